The molecule has 3 aliphatic heterocycles. The lowest BCUT2D eigenvalue weighted by atomic mass is 9.83. The molecule has 7 nitrogen and oxygen atoms in total. The SMILES string of the molecule is COc1ccc(N2C(=O)[C@@H]3[C@@H](C2=O)[C@@H]2c4ccccc4C=CN2[C@@H]3C(=O)c2ccccc2)c(OC)c1. The van der Waals surface area contributed by atoms with Crippen LogP contribution in [0, 0.1) is 11.8 Å². The van der Waals surface area contributed by atoms with E-state index in [1.807, 2.05) is 47.5 Å². The Hall–Kier alpha value is -4.39. The van der Waals surface area contributed by atoms with Crippen molar-refractivity contribution < 1.29 is 23.9 Å². The average molecular weight is 481 g/mol. The molecule has 2 amide bonds. The number of hydrogen-bond donors (Lipinski definition) is 0. The second-order valence-electron chi connectivity index (χ2n) is 9.11. The van der Waals surface area contributed by atoms with E-state index in [9.17, 15) is 14.4 Å². The van der Waals surface area contributed by atoms with E-state index in [-0.39, 0.29) is 11.7 Å². The third-order valence-corrected chi connectivity index (χ3v) is 7.42. The zero-order chi connectivity index (χ0) is 25.0. The van der Waals surface area contributed by atoms with Crippen LogP contribution in [0.2, 0.25) is 0 Å². The number of carbonyl (C=O) groups excluding carboxylic acids is 3. The van der Waals surface area contributed by atoms with Gasteiger partial charge in [-0.1, -0.05) is 54.6 Å². The summed E-state index contributed by atoms with van der Waals surface area (Å²) < 4.78 is 10.8. The fraction of sp³-hybridized carbons (Fsp3) is 0.207. The van der Waals surface area contributed by atoms with Gasteiger partial charge in [0.2, 0.25) is 11.8 Å². The molecule has 3 heterocycles. The summed E-state index contributed by atoms with van der Waals surface area (Å²) >= 11 is 0. The maximum absolute atomic E-state index is 14.0. The fourth-order valence-electron chi connectivity index (χ4n) is 5.84. The lowest BCUT2D eigenvalue weighted by Gasteiger charge is -2.35. The molecule has 0 spiro atoms. The quantitative estimate of drug-likeness (QED) is 0.404. The summed E-state index contributed by atoms with van der Waals surface area (Å²) in [5.74, 6) is -1.57. The zero-order valence-corrected chi connectivity index (χ0v) is 19.8. The number of anilines is 1. The predicted octanol–water partition coefficient (Wildman–Crippen LogP) is 4.10. The van der Waals surface area contributed by atoms with Gasteiger partial charge < -0.3 is 14.4 Å². The minimum absolute atomic E-state index is 0.179. The number of ketones is 1. The van der Waals surface area contributed by atoms with E-state index in [4.69, 9.17) is 9.47 Å². The van der Waals surface area contributed by atoms with Gasteiger partial charge in [0.25, 0.3) is 0 Å². The summed E-state index contributed by atoms with van der Waals surface area (Å²) in [6.45, 7) is 0. The number of amides is 2. The normalized spacial score (nSPS) is 23.8. The molecule has 36 heavy (non-hydrogen) atoms. The number of carbonyl (C=O) groups is 3. The Bertz CT molecular complexity index is 1420. The highest BCUT2D eigenvalue weighted by molar-refractivity contribution is 6.25. The van der Waals surface area contributed by atoms with E-state index >= 15 is 0 Å². The van der Waals surface area contributed by atoms with Crippen molar-refractivity contribution in [1.82, 2.24) is 4.90 Å². The molecule has 0 N–H and O–H groups in total. The standard InChI is InChI=1S/C29H24N2O5/c1-35-19-12-13-21(22(16-19)36-2)31-28(33)23-24(29(31)34)26(27(32)18-9-4-3-5-10-18)30-15-14-17-8-6-7-11-20(17)25(23)30/h3-16,23-26H,1-2H3/t23-,24-,25+,26+/m1/s1. The molecule has 0 aliphatic carbocycles. The second kappa shape index (κ2) is 8.37. The molecule has 0 saturated carbocycles. The van der Waals surface area contributed by atoms with Crippen LogP contribution in [0.4, 0.5) is 5.69 Å². The van der Waals surface area contributed by atoms with E-state index in [0.717, 1.165) is 11.1 Å². The average Bonchev–Trinajstić information content (AvgIpc) is 3.40. The molecule has 0 radical (unpaired) electrons. The highest BCUT2D eigenvalue weighted by atomic mass is 16.5. The van der Waals surface area contributed by atoms with Crippen molar-refractivity contribution in [2.45, 2.75) is 12.1 Å². The van der Waals surface area contributed by atoms with E-state index < -0.39 is 29.8 Å². The highest BCUT2D eigenvalue weighted by Gasteiger charge is 2.64. The monoisotopic (exact) mass is 480 g/mol. The molecule has 0 bridgehead atoms. The summed E-state index contributed by atoms with van der Waals surface area (Å²) in [7, 11) is 3.02. The minimum Gasteiger partial charge on any atom is -0.497 e. The van der Waals surface area contributed by atoms with Crippen molar-refractivity contribution in [3.63, 3.8) is 0 Å². The molecule has 4 atom stereocenters. The van der Waals surface area contributed by atoms with Gasteiger partial charge in [-0.3, -0.25) is 14.4 Å². The van der Waals surface area contributed by atoms with Crippen molar-refractivity contribution in [3.8, 4) is 11.5 Å². The van der Waals surface area contributed by atoms with Crippen molar-refractivity contribution >= 4 is 29.4 Å². The summed E-state index contributed by atoms with van der Waals surface area (Å²) in [5.41, 5.74) is 2.77. The van der Waals surface area contributed by atoms with Gasteiger partial charge in [-0.05, 0) is 29.3 Å². The number of fused-ring (bicyclic) bond motifs is 5. The molecule has 6 rings (SSSR count). The third kappa shape index (κ3) is 3.09. The van der Waals surface area contributed by atoms with Crippen LogP contribution in [0.1, 0.15) is 27.5 Å². The van der Waals surface area contributed by atoms with Gasteiger partial charge >= 0.3 is 0 Å². The molecular weight excluding hydrogens is 456 g/mol. The number of hydrogen-bond acceptors (Lipinski definition) is 6. The Morgan fingerprint density at radius 1 is 0.833 bits per heavy atom. The first-order chi connectivity index (χ1) is 17.5. The molecular formula is C29H24N2O5. The van der Waals surface area contributed by atoms with Crippen molar-refractivity contribution in [2.24, 2.45) is 11.8 Å². The van der Waals surface area contributed by atoms with Crippen molar-refractivity contribution in [1.29, 1.82) is 0 Å². The van der Waals surface area contributed by atoms with Crippen LogP contribution in [0.25, 0.3) is 6.08 Å². The van der Waals surface area contributed by atoms with Crippen LogP contribution in [-0.2, 0) is 9.59 Å². The third-order valence-electron chi connectivity index (χ3n) is 7.42. The Balaban J connectivity index is 1.50. The molecule has 7 heteroatoms. The maximum atomic E-state index is 14.0. The Labute approximate surface area is 208 Å². The summed E-state index contributed by atoms with van der Waals surface area (Å²) in [6.07, 6.45) is 3.80. The van der Waals surface area contributed by atoms with Crippen LogP contribution < -0.4 is 14.4 Å². The topological polar surface area (TPSA) is 76.2 Å². The van der Waals surface area contributed by atoms with E-state index in [2.05, 4.69) is 0 Å². The Kier molecular flexibility index (Phi) is 5.14. The number of ether oxygens (including phenoxy) is 2. The summed E-state index contributed by atoms with van der Waals surface area (Å²) in [5, 5.41) is 0. The van der Waals surface area contributed by atoms with Gasteiger partial charge in [0.1, 0.15) is 17.5 Å². The van der Waals surface area contributed by atoms with Gasteiger partial charge in [-0.25, -0.2) is 4.90 Å². The molecule has 0 unspecified atom stereocenters. The van der Waals surface area contributed by atoms with E-state index in [1.165, 1.54) is 19.1 Å². The number of benzene rings is 3. The summed E-state index contributed by atoms with van der Waals surface area (Å²) in [6, 6.07) is 20.5. The maximum Gasteiger partial charge on any atom is 0.240 e. The fourth-order valence-corrected chi connectivity index (χ4v) is 5.84. The van der Waals surface area contributed by atoms with Gasteiger partial charge in [0.15, 0.2) is 5.78 Å². The van der Waals surface area contributed by atoms with Gasteiger partial charge in [-0.15, -0.1) is 0 Å². The van der Waals surface area contributed by atoms with E-state index in [0.29, 0.717) is 22.7 Å². The zero-order valence-electron chi connectivity index (χ0n) is 19.8. The number of methoxy groups -OCH3 is 2. The second-order valence-corrected chi connectivity index (χ2v) is 9.11. The number of Topliss-reactive ketones (excluding diaryl/α,β-unsaturated/α-hetero) is 1. The molecule has 0 aromatic heterocycles. The molecule has 180 valence electrons. The lowest BCUT2D eigenvalue weighted by molar-refractivity contribution is -0.123. The number of nitrogens with zero attached hydrogens (tertiary/aromatic N) is 2. The molecule has 3 aliphatic rings. The first-order valence-electron chi connectivity index (χ1n) is 11.8. The smallest absolute Gasteiger partial charge is 0.240 e. The highest BCUT2D eigenvalue weighted by Crippen LogP contribution is 2.54. The Morgan fingerprint density at radius 3 is 2.31 bits per heavy atom. The minimum atomic E-state index is -0.835. The first kappa shape index (κ1) is 22.1. The van der Waals surface area contributed by atoms with Crippen LogP contribution >= 0.6 is 0 Å². The molecule has 3 aromatic rings. The van der Waals surface area contributed by atoms with Crippen LogP contribution in [0.15, 0.2) is 79.0 Å². The van der Waals surface area contributed by atoms with E-state index in [1.54, 1.807) is 42.5 Å². The van der Waals surface area contributed by atoms with Gasteiger partial charge in [0.05, 0.1) is 37.8 Å². The van der Waals surface area contributed by atoms with Crippen molar-refractivity contribution in [2.75, 3.05) is 19.1 Å². The first-order valence-corrected chi connectivity index (χ1v) is 11.8. The molecule has 2 fully saturated rings. The predicted molar refractivity (Wildman–Crippen MR) is 134 cm³/mol. The summed E-state index contributed by atoms with van der Waals surface area (Å²) in [4.78, 5) is 45.0. The van der Waals surface area contributed by atoms with Crippen molar-refractivity contribution in [3.05, 3.63) is 95.7 Å². The van der Waals surface area contributed by atoms with Crippen LogP contribution in [0.3, 0.4) is 0 Å². The van der Waals surface area contributed by atoms with Crippen LogP contribution in [-0.4, -0.2) is 42.8 Å². The molecule has 3 aromatic carbocycles. The van der Waals surface area contributed by atoms with Crippen LogP contribution in [0.5, 0.6) is 11.5 Å². The lowest BCUT2D eigenvalue weighted by Crippen LogP contribution is -2.44. The number of imide groups is 1. The number of rotatable bonds is 5. The van der Waals surface area contributed by atoms with Gasteiger partial charge in [-0.2, -0.15) is 0 Å². The molecule has 2 saturated heterocycles. The van der Waals surface area contributed by atoms with Gasteiger partial charge in [0, 0.05) is 17.8 Å². The largest absolute Gasteiger partial charge is 0.497 e. The Morgan fingerprint density at radius 2 is 1.56 bits per heavy atom.